The molecule has 3 aromatic rings. The van der Waals surface area contributed by atoms with Crippen LogP contribution in [-0.2, 0) is 6.42 Å². The summed E-state index contributed by atoms with van der Waals surface area (Å²) in [4.78, 5) is 0. The van der Waals surface area contributed by atoms with E-state index in [4.69, 9.17) is 5.26 Å². The molecule has 0 heterocycles. The first-order valence-corrected chi connectivity index (χ1v) is 10.8. The van der Waals surface area contributed by atoms with Crippen molar-refractivity contribution in [1.82, 2.24) is 0 Å². The van der Waals surface area contributed by atoms with Crippen LogP contribution in [0.1, 0.15) is 54.7 Å². The van der Waals surface area contributed by atoms with Crippen molar-refractivity contribution >= 4 is 0 Å². The van der Waals surface area contributed by atoms with Gasteiger partial charge < -0.3 is 0 Å². The molecule has 0 radical (unpaired) electrons. The number of nitriles is 1. The van der Waals surface area contributed by atoms with Gasteiger partial charge in [0.05, 0.1) is 0 Å². The van der Waals surface area contributed by atoms with Crippen molar-refractivity contribution in [3.8, 4) is 17.2 Å². The predicted octanol–water partition coefficient (Wildman–Crippen LogP) is 7.55. The van der Waals surface area contributed by atoms with Gasteiger partial charge in [-0.3, -0.25) is 0 Å². The first kappa shape index (κ1) is 21.2. The van der Waals surface area contributed by atoms with E-state index in [2.05, 4.69) is 24.3 Å². The standard InChI is InChI=1S/C27H24F3N/c28-25-14-21(12-13-23(25)22-15-26(29)24(17-31)27(30)16-22)20-10-8-19(9-11-20)7-6-18-4-2-1-3-5-18/h1-5,12-16,19-20H,6-11H2. The van der Waals surface area contributed by atoms with Crippen LogP contribution in [0.4, 0.5) is 13.2 Å². The first-order valence-electron chi connectivity index (χ1n) is 10.8. The second-order valence-corrected chi connectivity index (χ2v) is 8.41. The fourth-order valence-corrected chi connectivity index (χ4v) is 4.65. The minimum Gasteiger partial charge on any atom is -0.206 e. The second-order valence-electron chi connectivity index (χ2n) is 8.41. The van der Waals surface area contributed by atoms with Crippen molar-refractivity contribution in [3.05, 3.63) is 94.8 Å². The van der Waals surface area contributed by atoms with Crippen molar-refractivity contribution in [2.45, 2.75) is 44.4 Å². The molecule has 158 valence electrons. The van der Waals surface area contributed by atoms with E-state index >= 15 is 0 Å². The van der Waals surface area contributed by atoms with E-state index in [9.17, 15) is 13.2 Å². The monoisotopic (exact) mass is 419 g/mol. The lowest BCUT2D eigenvalue weighted by Gasteiger charge is -2.29. The molecule has 4 rings (SSSR count). The van der Waals surface area contributed by atoms with Crippen molar-refractivity contribution in [2.75, 3.05) is 0 Å². The number of hydrogen-bond donors (Lipinski definition) is 0. The van der Waals surface area contributed by atoms with Gasteiger partial charge in [-0.05, 0) is 85.3 Å². The molecule has 0 atom stereocenters. The van der Waals surface area contributed by atoms with Crippen molar-refractivity contribution in [2.24, 2.45) is 5.92 Å². The molecule has 1 aliphatic carbocycles. The molecule has 0 aromatic heterocycles. The second kappa shape index (κ2) is 9.39. The Kier molecular flexibility index (Phi) is 6.42. The van der Waals surface area contributed by atoms with E-state index < -0.39 is 23.0 Å². The summed E-state index contributed by atoms with van der Waals surface area (Å²) in [6.45, 7) is 0. The van der Waals surface area contributed by atoms with Gasteiger partial charge in [0.15, 0.2) is 0 Å². The number of nitrogens with zero attached hydrogens (tertiary/aromatic N) is 1. The van der Waals surface area contributed by atoms with Gasteiger partial charge in [0.2, 0.25) is 0 Å². The molecule has 0 spiro atoms. The summed E-state index contributed by atoms with van der Waals surface area (Å²) in [7, 11) is 0. The molecule has 4 heteroatoms. The molecule has 3 aromatic carbocycles. The quantitative estimate of drug-likeness (QED) is 0.419. The Bertz CT molecular complexity index is 1070. The fourth-order valence-electron chi connectivity index (χ4n) is 4.65. The highest BCUT2D eigenvalue weighted by molar-refractivity contribution is 5.66. The van der Waals surface area contributed by atoms with Crippen LogP contribution in [0.2, 0.25) is 0 Å². The van der Waals surface area contributed by atoms with Gasteiger partial charge in [0.25, 0.3) is 0 Å². The molecule has 1 aliphatic rings. The van der Waals surface area contributed by atoms with Gasteiger partial charge in [0.1, 0.15) is 29.1 Å². The summed E-state index contributed by atoms with van der Waals surface area (Å²) in [5.41, 5.74) is 1.91. The molecule has 0 amide bonds. The van der Waals surface area contributed by atoms with Crippen molar-refractivity contribution in [1.29, 1.82) is 5.26 Å². The third-order valence-electron chi connectivity index (χ3n) is 6.46. The Morgan fingerprint density at radius 3 is 2.10 bits per heavy atom. The highest BCUT2D eigenvalue weighted by Gasteiger charge is 2.23. The average Bonchev–Trinajstić information content (AvgIpc) is 2.78. The SMILES string of the molecule is N#Cc1c(F)cc(-c2ccc(C3CCC(CCc4ccccc4)CC3)cc2F)cc1F. The topological polar surface area (TPSA) is 23.8 Å². The van der Waals surface area contributed by atoms with E-state index in [1.807, 2.05) is 12.1 Å². The largest absolute Gasteiger partial charge is 0.206 e. The van der Waals surface area contributed by atoms with Crippen LogP contribution in [0.15, 0.2) is 60.7 Å². The van der Waals surface area contributed by atoms with Crippen LogP contribution >= 0.6 is 0 Å². The number of benzene rings is 3. The maximum atomic E-state index is 14.8. The van der Waals surface area contributed by atoms with E-state index in [0.29, 0.717) is 11.8 Å². The smallest absolute Gasteiger partial charge is 0.144 e. The molecule has 0 unspecified atom stereocenters. The van der Waals surface area contributed by atoms with Crippen LogP contribution in [0.25, 0.3) is 11.1 Å². The number of halogens is 3. The minimum absolute atomic E-state index is 0.0997. The predicted molar refractivity (Wildman–Crippen MR) is 116 cm³/mol. The van der Waals surface area contributed by atoms with E-state index in [1.165, 1.54) is 24.1 Å². The zero-order valence-electron chi connectivity index (χ0n) is 17.3. The number of aryl methyl sites for hydroxylation is 1. The molecule has 0 N–H and O–H groups in total. The Hall–Kier alpha value is -3.06. The lowest BCUT2D eigenvalue weighted by Crippen LogP contribution is -2.14. The van der Waals surface area contributed by atoms with E-state index in [0.717, 1.165) is 49.8 Å². The third-order valence-corrected chi connectivity index (χ3v) is 6.46. The van der Waals surface area contributed by atoms with Gasteiger partial charge >= 0.3 is 0 Å². The van der Waals surface area contributed by atoms with Gasteiger partial charge in [-0.25, -0.2) is 13.2 Å². The van der Waals surface area contributed by atoms with Crippen molar-refractivity contribution in [3.63, 3.8) is 0 Å². The normalized spacial score (nSPS) is 18.5. The molecule has 1 fully saturated rings. The summed E-state index contributed by atoms with van der Waals surface area (Å²) in [6, 6.07) is 19.0. The van der Waals surface area contributed by atoms with E-state index in [1.54, 1.807) is 6.07 Å². The highest BCUT2D eigenvalue weighted by Crippen LogP contribution is 2.39. The summed E-state index contributed by atoms with van der Waals surface area (Å²) >= 11 is 0. The van der Waals surface area contributed by atoms with Crippen LogP contribution in [-0.4, -0.2) is 0 Å². The fraction of sp³-hybridized carbons (Fsp3) is 0.296. The Labute approximate surface area is 181 Å². The Morgan fingerprint density at radius 1 is 0.806 bits per heavy atom. The Balaban J connectivity index is 1.41. The van der Waals surface area contributed by atoms with Crippen LogP contribution in [0, 0.1) is 34.7 Å². The zero-order chi connectivity index (χ0) is 21.8. The Morgan fingerprint density at radius 2 is 1.48 bits per heavy atom. The van der Waals surface area contributed by atoms with Gasteiger partial charge in [-0.2, -0.15) is 5.26 Å². The summed E-state index contributed by atoms with van der Waals surface area (Å²) in [6.07, 6.45) is 6.59. The molecule has 1 nitrogen and oxygen atoms in total. The van der Waals surface area contributed by atoms with Crippen LogP contribution < -0.4 is 0 Å². The maximum Gasteiger partial charge on any atom is 0.144 e. The minimum atomic E-state index is -0.977. The molecule has 0 bridgehead atoms. The number of rotatable bonds is 5. The number of hydrogen-bond acceptors (Lipinski definition) is 1. The summed E-state index contributed by atoms with van der Waals surface area (Å²) in [5, 5.41) is 8.80. The molecule has 31 heavy (non-hydrogen) atoms. The molecule has 0 saturated heterocycles. The van der Waals surface area contributed by atoms with Crippen LogP contribution in [0.3, 0.4) is 0 Å². The van der Waals surface area contributed by atoms with Gasteiger partial charge in [-0.1, -0.05) is 42.5 Å². The maximum absolute atomic E-state index is 14.8. The summed E-state index contributed by atoms with van der Waals surface area (Å²) < 4.78 is 42.7. The third kappa shape index (κ3) is 4.82. The first-order chi connectivity index (χ1) is 15.0. The van der Waals surface area contributed by atoms with Gasteiger partial charge in [-0.15, -0.1) is 0 Å². The lowest BCUT2D eigenvalue weighted by atomic mass is 9.76. The molecular weight excluding hydrogens is 395 g/mol. The van der Waals surface area contributed by atoms with Crippen molar-refractivity contribution < 1.29 is 13.2 Å². The zero-order valence-corrected chi connectivity index (χ0v) is 17.3. The van der Waals surface area contributed by atoms with E-state index in [-0.39, 0.29) is 11.1 Å². The lowest BCUT2D eigenvalue weighted by molar-refractivity contribution is 0.310. The van der Waals surface area contributed by atoms with Gasteiger partial charge in [0, 0.05) is 5.56 Å². The highest BCUT2D eigenvalue weighted by atomic mass is 19.1. The molecule has 0 aliphatic heterocycles. The summed E-state index contributed by atoms with van der Waals surface area (Å²) in [5.74, 6) is -1.44. The molecule has 1 saturated carbocycles. The average molecular weight is 419 g/mol. The molecular formula is C27H24F3N. The van der Waals surface area contributed by atoms with Crippen LogP contribution in [0.5, 0.6) is 0 Å².